The van der Waals surface area contributed by atoms with Crippen molar-refractivity contribution >= 4 is 16.5 Å². The van der Waals surface area contributed by atoms with Gasteiger partial charge in [-0.3, -0.25) is 0 Å². The molecule has 0 spiro atoms. The molecule has 1 saturated heterocycles. The minimum absolute atomic E-state index is 0.100. The number of nitrogens with zero attached hydrogens (tertiary/aromatic N) is 3. The Hall–Kier alpha value is -1.99. The van der Waals surface area contributed by atoms with Crippen LogP contribution in [0.5, 0.6) is 0 Å². The van der Waals surface area contributed by atoms with Gasteiger partial charge in [0, 0.05) is 36.8 Å². The van der Waals surface area contributed by atoms with Crippen LogP contribution in [0.3, 0.4) is 0 Å². The van der Waals surface area contributed by atoms with Crippen LogP contribution in [0.1, 0.15) is 5.69 Å². The third-order valence-electron chi connectivity index (χ3n) is 3.68. The summed E-state index contributed by atoms with van der Waals surface area (Å²) in [7, 11) is -2.41. The van der Waals surface area contributed by atoms with E-state index in [4.69, 9.17) is 4.74 Å². The van der Waals surface area contributed by atoms with Gasteiger partial charge in [-0.05, 0) is 0 Å². The molecule has 0 aliphatic carbocycles. The quantitative estimate of drug-likeness (QED) is 0.827. The molecule has 0 N–H and O–H groups in total. The van der Waals surface area contributed by atoms with Crippen LogP contribution < -0.4 is 4.90 Å². The van der Waals surface area contributed by atoms with E-state index >= 15 is 0 Å². The molecule has 1 aromatic heterocycles. The molecule has 3 rings (SSSR count). The number of rotatable bonds is 5. The van der Waals surface area contributed by atoms with Gasteiger partial charge in [0.25, 0.3) is 0 Å². The minimum atomic E-state index is -2.41. The van der Waals surface area contributed by atoms with Crippen molar-refractivity contribution in [1.82, 2.24) is 9.97 Å². The lowest BCUT2D eigenvalue weighted by Crippen LogP contribution is -2.37. The zero-order chi connectivity index (χ0) is 16.1. The van der Waals surface area contributed by atoms with Crippen molar-refractivity contribution in [3.8, 4) is 11.4 Å². The Morgan fingerprint density at radius 2 is 1.83 bits per heavy atom. The van der Waals surface area contributed by atoms with Crippen molar-refractivity contribution in [1.29, 1.82) is 0 Å². The fraction of sp³-hybridized carbons (Fsp3) is 0.375. The number of morpholine rings is 1. The molecule has 0 atom stereocenters. The largest absolute Gasteiger partial charge is 0.378 e. The van der Waals surface area contributed by atoms with Gasteiger partial charge in [0.1, 0.15) is 16.5 Å². The number of hydrogen-bond acceptors (Lipinski definition) is 6. The first kappa shape index (κ1) is 15.9. The molecule has 2 heterocycles. The van der Waals surface area contributed by atoms with E-state index < -0.39 is 10.7 Å². The molecule has 0 amide bonds. The fourth-order valence-corrected chi connectivity index (χ4v) is 2.90. The standard InChI is InChI=1S/C16H19N3O3S/c20-23(21)11-6-14-12-15(19-7-9-22-10-8-19)18-16(17-14)13-4-2-1-3-5-13/h1-5,12,23H,6-11H2. The zero-order valence-corrected chi connectivity index (χ0v) is 13.6. The molecule has 1 fully saturated rings. The third kappa shape index (κ3) is 4.27. The first-order chi connectivity index (χ1) is 11.2. The predicted molar refractivity (Wildman–Crippen MR) is 89.4 cm³/mol. The van der Waals surface area contributed by atoms with Gasteiger partial charge in [-0.15, -0.1) is 0 Å². The first-order valence-corrected chi connectivity index (χ1v) is 8.96. The van der Waals surface area contributed by atoms with Gasteiger partial charge in [0.15, 0.2) is 5.82 Å². The van der Waals surface area contributed by atoms with Crippen LogP contribution in [0.15, 0.2) is 36.4 Å². The highest BCUT2D eigenvalue weighted by Gasteiger charge is 2.15. The smallest absolute Gasteiger partial charge is 0.161 e. The Bertz CT molecular complexity index is 721. The van der Waals surface area contributed by atoms with E-state index in [9.17, 15) is 8.42 Å². The average Bonchev–Trinajstić information content (AvgIpc) is 2.61. The maximum atomic E-state index is 10.9. The summed E-state index contributed by atoms with van der Waals surface area (Å²) in [6.45, 7) is 2.90. The molecule has 2 aromatic rings. The molecule has 1 aliphatic heterocycles. The van der Waals surface area contributed by atoms with Crippen molar-refractivity contribution < 1.29 is 13.2 Å². The Kier molecular flexibility index (Phi) is 5.19. The summed E-state index contributed by atoms with van der Waals surface area (Å²) >= 11 is 0. The summed E-state index contributed by atoms with van der Waals surface area (Å²) in [5.41, 5.74) is 1.68. The first-order valence-electron chi connectivity index (χ1n) is 7.60. The Morgan fingerprint density at radius 3 is 2.52 bits per heavy atom. The normalized spacial score (nSPS) is 15.1. The van der Waals surface area contributed by atoms with Gasteiger partial charge < -0.3 is 9.64 Å². The van der Waals surface area contributed by atoms with Crippen molar-refractivity contribution in [2.24, 2.45) is 0 Å². The summed E-state index contributed by atoms with van der Waals surface area (Å²) in [5, 5.41) is 0. The number of ether oxygens (including phenoxy) is 1. The van der Waals surface area contributed by atoms with Gasteiger partial charge in [0.2, 0.25) is 0 Å². The number of benzene rings is 1. The Balaban J connectivity index is 1.95. The molecule has 0 saturated carbocycles. The van der Waals surface area contributed by atoms with Gasteiger partial charge in [-0.1, -0.05) is 30.3 Å². The van der Waals surface area contributed by atoms with Crippen LogP contribution >= 0.6 is 0 Å². The molecule has 23 heavy (non-hydrogen) atoms. The fourth-order valence-electron chi connectivity index (χ4n) is 2.49. The van der Waals surface area contributed by atoms with Gasteiger partial charge in [-0.25, -0.2) is 18.4 Å². The van der Waals surface area contributed by atoms with Crippen molar-refractivity contribution in [2.75, 3.05) is 37.0 Å². The number of aryl methyl sites for hydroxylation is 1. The second-order valence-electron chi connectivity index (χ2n) is 5.31. The molecule has 0 unspecified atom stereocenters. The van der Waals surface area contributed by atoms with E-state index in [1.165, 1.54) is 0 Å². The second-order valence-corrected chi connectivity index (χ2v) is 6.43. The van der Waals surface area contributed by atoms with E-state index in [1.54, 1.807) is 0 Å². The summed E-state index contributed by atoms with van der Waals surface area (Å²) in [6, 6.07) is 11.6. The molecule has 1 aromatic carbocycles. The third-order valence-corrected chi connectivity index (χ3v) is 4.27. The maximum Gasteiger partial charge on any atom is 0.161 e. The zero-order valence-electron chi connectivity index (χ0n) is 12.7. The Morgan fingerprint density at radius 1 is 1.09 bits per heavy atom. The molecular weight excluding hydrogens is 314 g/mol. The lowest BCUT2D eigenvalue weighted by atomic mass is 10.2. The van der Waals surface area contributed by atoms with Crippen LogP contribution in [-0.2, 0) is 21.9 Å². The van der Waals surface area contributed by atoms with Crippen LogP contribution in [-0.4, -0.2) is 50.4 Å². The van der Waals surface area contributed by atoms with Crippen molar-refractivity contribution in [3.63, 3.8) is 0 Å². The molecule has 7 heteroatoms. The highest BCUT2D eigenvalue weighted by Crippen LogP contribution is 2.21. The van der Waals surface area contributed by atoms with Crippen LogP contribution in [0.25, 0.3) is 11.4 Å². The topological polar surface area (TPSA) is 72.4 Å². The molecule has 1 aliphatic rings. The predicted octanol–water partition coefficient (Wildman–Crippen LogP) is 1.13. The van der Waals surface area contributed by atoms with E-state index in [-0.39, 0.29) is 5.75 Å². The summed E-state index contributed by atoms with van der Waals surface area (Å²) in [5.74, 6) is 1.56. The number of thiol groups is 1. The summed E-state index contributed by atoms with van der Waals surface area (Å²) < 4.78 is 27.1. The number of hydrogen-bond donors (Lipinski definition) is 1. The lowest BCUT2D eigenvalue weighted by Gasteiger charge is -2.28. The highest BCUT2D eigenvalue weighted by atomic mass is 32.2. The lowest BCUT2D eigenvalue weighted by molar-refractivity contribution is 0.122. The van der Waals surface area contributed by atoms with Crippen LogP contribution in [0, 0.1) is 0 Å². The number of aromatic nitrogens is 2. The van der Waals surface area contributed by atoms with E-state index in [0.717, 1.165) is 30.2 Å². The van der Waals surface area contributed by atoms with Gasteiger partial charge in [-0.2, -0.15) is 0 Å². The average molecular weight is 333 g/mol. The summed E-state index contributed by atoms with van der Waals surface area (Å²) in [4.78, 5) is 11.3. The Labute approximate surface area is 137 Å². The monoisotopic (exact) mass is 333 g/mol. The molecule has 6 nitrogen and oxygen atoms in total. The van der Waals surface area contributed by atoms with Gasteiger partial charge >= 0.3 is 0 Å². The van der Waals surface area contributed by atoms with E-state index in [0.29, 0.717) is 25.5 Å². The summed E-state index contributed by atoms with van der Waals surface area (Å²) in [6.07, 6.45) is 0.401. The molecule has 122 valence electrons. The maximum absolute atomic E-state index is 10.9. The SMILES string of the molecule is O=[SH](=O)CCc1cc(N2CCOCC2)nc(-c2ccccc2)n1. The highest BCUT2D eigenvalue weighted by molar-refractivity contribution is 7.72. The van der Waals surface area contributed by atoms with Gasteiger partial charge in [0.05, 0.1) is 19.0 Å². The van der Waals surface area contributed by atoms with Crippen LogP contribution in [0.4, 0.5) is 5.82 Å². The second kappa shape index (κ2) is 7.52. The van der Waals surface area contributed by atoms with Crippen molar-refractivity contribution in [3.05, 3.63) is 42.1 Å². The van der Waals surface area contributed by atoms with Crippen molar-refractivity contribution in [2.45, 2.75) is 6.42 Å². The molecule has 0 bridgehead atoms. The van der Waals surface area contributed by atoms with Crippen LogP contribution in [0.2, 0.25) is 0 Å². The van der Waals surface area contributed by atoms with E-state index in [1.807, 2.05) is 36.4 Å². The van der Waals surface area contributed by atoms with E-state index in [2.05, 4.69) is 14.9 Å². The molecular formula is C16H19N3O3S. The number of anilines is 1. The molecule has 0 radical (unpaired) electrons. The minimum Gasteiger partial charge on any atom is -0.378 e.